The van der Waals surface area contributed by atoms with Crippen LogP contribution in [0.1, 0.15) is 47.9 Å². The molecule has 110 valence electrons. The van der Waals surface area contributed by atoms with E-state index in [0.717, 1.165) is 0 Å². The van der Waals surface area contributed by atoms with Gasteiger partial charge >= 0.3 is 0 Å². The van der Waals surface area contributed by atoms with E-state index in [1.165, 1.54) is 50.7 Å². The first-order valence-corrected chi connectivity index (χ1v) is 10.5. The van der Waals surface area contributed by atoms with Gasteiger partial charge in [-0.25, -0.2) is 0 Å². The number of rotatable bonds is 0. The molecular weight excluding hydrogens is 440 g/mol. The zero-order chi connectivity index (χ0) is 15.2. The molecule has 0 aliphatic heterocycles. The molecule has 0 bridgehead atoms. The Bertz CT molecular complexity index is 870. The third kappa shape index (κ3) is 1.67. The van der Waals surface area contributed by atoms with Gasteiger partial charge in [0.25, 0.3) is 0 Å². The van der Waals surface area contributed by atoms with Crippen LogP contribution in [0.3, 0.4) is 0 Å². The summed E-state index contributed by atoms with van der Waals surface area (Å²) in [7, 11) is 0. The first kappa shape index (κ1) is 14.0. The molecule has 2 aliphatic rings. The minimum Gasteiger partial charge on any atom is -0.128 e. The molecule has 5 rings (SSSR count). The molecule has 2 heterocycles. The van der Waals surface area contributed by atoms with Gasteiger partial charge in [-0.1, -0.05) is 13.8 Å². The Morgan fingerprint density at radius 1 is 0.682 bits per heavy atom. The van der Waals surface area contributed by atoms with E-state index in [9.17, 15) is 0 Å². The van der Waals surface area contributed by atoms with Gasteiger partial charge < -0.3 is 0 Å². The highest BCUT2D eigenvalue weighted by atomic mass is 79.9. The molecule has 0 fully saturated rings. The smallest absolute Gasteiger partial charge is 0.0708 e. The Hall–Kier alpha value is -0.420. The van der Waals surface area contributed by atoms with E-state index in [-0.39, 0.29) is 0 Å². The summed E-state index contributed by atoms with van der Waals surface area (Å²) < 4.78 is 2.48. The molecule has 2 aliphatic carbocycles. The highest BCUT2D eigenvalue weighted by Gasteiger charge is 2.34. The van der Waals surface area contributed by atoms with Crippen molar-refractivity contribution in [1.82, 2.24) is 0 Å². The van der Waals surface area contributed by atoms with Gasteiger partial charge in [0.2, 0.25) is 0 Å². The van der Waals surface area contributed by atoms with E-state index in [4.69, 9.17) is 0 Å². The standard InChI is InChI=1S/C18H12Br2S2/c1-7-9-3-14-10(8(2)12-6-16(20)22-18(12)14)4-13(9)17-11(7)5-15(19)21-17/h3-8H,1-2H3. The minimum absolute atomic E-state index is 0.501. The Morgan fingerprint density at radius 3 is 1.50 bits per heavy atom. The number of benzene rings is 1. The Kier molecular flexibility index (Phi) is 2.90. The molecule has 0 saturated heterocycles. The maximum atomic E-state index is 3.65. The van der Waals surface area contributed by atoms with E-state index in [1.807, 2.05) is 22.7 Å². The fourth-order valence-corrected chi connectivity index (χ4v) is 7.40. The molecule has 22 heavy (non-hydrogen) atoms. The maximum Gasteiger partial charge on any atom is 0.0708 e. The van der Waals surface area contributed by atoms with Crippen molar-refractivity contribution in [3.05, 3.63) is 54.1 Å². The zero-order valence-electron chi connectivity index (χ0n) is 12.0. The van der Waals surface area contributed by atoms with Crippen molar-refractivity contribution in [3.63, 3.8) is 0 Å². The molecule has 0 saturated carbocycles. The first-order chi connectivity index (χ1) is 10.5. The summed E-state index contributed by atoms with van der Waals surface area (Å²) in [5.74, 6) is 1.00. The summed E-state index contributed by atoms with van der Waals surface area (Å²) in [6, 6.07) is 9.52. The molecule has 2 atom stereocenters. The van der Waals surface area contributed by atoms with Crippen molar-refractivity contribution in [2.24, 2.45) is 0 Å². The summed E-state index contributed by atoms with van der Waals surface area (Å²) in [6.07, 6.45) is 0. The average Bonchev–Trinajstić information content (AvgIpc) is 3.17. The molecule has 0 N–H and O–H groups in total. The predicted molar refractivity (Wildman–Crippen MR) is 104 cm³/mol. The zero-order valence-corrected chi connectivity index (χ0v) is 16.8. The van der Waals surface area contributed by atoms with Crippen LogP contribution in [-0.2, 0) is 0 Å². The fourth-order valence-electron chi connectivity index (χ4n) is 3.89. The van der Waals surface area contributed by atoms with E-state index < -0.39 is 0 Å². The average molecular weight is 452 g/mol. The normalized spacial score (nSPS) is 20.7. The quantitative estimate of drug-likeness (QED) is 0.330. The highest BCUT2D eigenvalue weighted by molar-refractivity contribution is 9.11. The molecule has 0 spiro atoms. The van der Waals surface area contributed by atoms with Crippen molar-refractivity contribution in [3.8, 4) is 20.9 Å². The molecule has 4 heteroatoms. The van der Waals surface area contributed by atoms with E-state index in [2.05, 4.69) is 70.0 Å². The van der Waals surface area contributed by atoms with Crippen LogP contribution >= 0.6 is 54.5 Å². The number of fused-ring (bicyclic) bond motifs is 6. The lowest BCUT2D eigenvalue weighted by molar-refractivity contribution is 0.945. The molecule has 2 unspecified atom stereocenters. The Balaban J connectivity index is 1.79. The molecular formula is C18H12Br2S2. The van der Waals surface area contributed by atoms with E-state index in [1.54, 1.807) is 0 Å². The number of hydrogen-bond acceptors (Lipinski definition) is 2. The number of halogens is 2. The largest absolute Gasteiger partial charge is 0.128 e. The lowest BCUT2D eigenvalue weighted by Crippen LogP contribution is -1.93. The van der Waals surface area contributed by atoms with Gasteiger partial charge in [-0.2, -0.15) is 0 Å². The van der Waals surface area contributed by atoms with Gasteiger partial charge in [-0.05, 0) is 89.5 Å². The maximum absolute atomic E-state index is 3.65. The molecule has 0 radical (unpaired) electrons. The van der Waals surface area contributed by atoms with Crippen LogP contribution in [-0.4, -0.2) is 0 Å². The second kappa shape index (κ2) is 4.56. The van der Waals surface area contributed by atoms with Crippen LogP contribution in [0.15, 0.2) is 31.8 Å². The molecule has 0 nitrogen and oxygen atoms in total. The van der Waals surface area contributed by atoms with Gasteiger partial charge in [0.05, 0.1) is 7.57 Å². The third-order valence-corrected chi connectivity index (χ3v) is 8.41. The lowest BCUT2D eigenvalue weighted by atomic mass is 9.93. The molecule has 2 aromatic heterocycles. The second-order valence-electron chi connectivity index (χ2n) is 6.14. The SMILES string of the molecule is CC1c2cc3c(cc2-c2sc(Br)cc21)C(C)c1cc(Br)sc1-3. The second-order valence-corrected chi connectivity index (χ2v) is 11.0. The van der Waals surface area contributed by atoms with Crippen molar-refractivity contribution in [2.45, 2.75) is 25.7 Å². The van der Waals surface area contributed by atoms with E-state index in [0.29, 0.717) is 11.8 Å². The van der Waals surface area contributed by atoms with Crippen LogP contribution in [0.25, 0.3) is 20.9 Å². The highest BCUT2D eigenvalue weighted by Crippen LogP contribution is 2.56. The van der Waals surface area contributed by atoms with Crippen molar-refractivity contribution >= 4 is 54.5 Å². The summed E-state index contributed by atoms with van der Waals surface area (Å²) in [5, 5.41) is 0. The van der Waals surface area contributed by atoms with E-state index >= 15 is 0 Å². The number of thiophene rings is 2. The van der Waals surface area contributed by atoms with Gasteiger partial charge in [0, 0.05) is 21.6 Å². The van der Waals surface area contributed by atoms with Gasteiger partial charge in [-0.3, -0.25) is 0 Å². The minimum atomic E-state index is 0.501. The van der Waals surface area contributed by atoms with Crippen LogP contribution in [0.4, 0.5) is 0 Å². The molecule has 0 amide bonds. The van der Waals surface area contributed by atoms with Gasteiger partial charge in [-0.15, -0.1) is 22.7 Å². The van der Waals surface area contributed by atoms with Gasteiger partial charge in [0.1, 0.15) is 0 Å². The van der Waals surface area contributed by atoms with Crippen LogP contribution in [0.5, 0.6) is 0 Å². The predicted octanol–water partition coefficient (Wildman–Crippen LogP) is 7.60. The topological polar surface area (TPSA) is 0 Å². The fraction of sp³-hybridized carbons (Fsp3) is 0.222. The van der Waals surface area contributed by atoms with Crippen LogP contribution in [0, 0.1) is 0 Å². The lowest BCUT2D eigenvalue weighted by Gasteiger charge is -2.11. The van der Waals surface area contributed by atoms with Crippen molar-refractivity contribution < 1.29 is 0 Å². The van der Waals surface area contributed by atoms with Crippen LogP contribution in [0.2, 0.25) is 0 Å². The molecule has 3 aromatic rings. The van der Waals surface area contributed by atoms with Gasteiger partial charge in [0.15, 0.2) is 0 Å². The van der Waals surface area contributed by atoms with Crippen molar-refractivity contribution in [2.75, 3.05) is 0 Å². The third-order valence-electron chi connectivity index (χ3n) is 5.04. The summed E-state index contributed by atoms with van der Waals surface area (Å²) in [4.78, 5) is 2.92. The Morgan fingerprint density at radius 2 is 1.09 bits per heavy atom. The summed E-state index contributed by atoms with van der Waals surface area (Å²) in [5.41, 5.74) is 8.87. The summed E-state index contributed by atoms with van der Waals surface area (Å²) in [6.45, 7) is 4.67. The monoisotopic (exact) mass is 450 g/mol. The van der Waals surface area contributed by atoms with Crippen molar-refractivity contribution in [1.29, 1.82) is 0 Å². The molecule has 1 aromatic carbocycles. The van der Waals surface area contributed by atoms with Crippen LogP contribution < -0.4 is 0 Å². The summed E-state index contributed by atoms with van der Waals surface area (Å²) >= 11 is 11.0. The number of hydrogen-bond donors (Lipinski definition) is 0. The Labute approximate surface area is 154 Å². The first-order valence-electron chi connectivity index (χ1n) is 7.31.